The van der Waals surface area contributed by atoms with Gasteiger partial charge in [0.1, 0.15) is 11.6 Å². The van der Waals surface area contributed by atoms with Crippen LogP contribution in [0.15, 0.2) is 96.1 Å². The number of halogens is 4. The second-order valence-corrected chi connectivity index (χ2v) is 36.5. The largest absolute Gasteiger partial charge is 0.207 e. The highest BCUT2D eigenvalue weighted by Gasteiger charge is 2.23. The molecule has 12 rings (SSSR count). The molecule has 4 heteroatoms. The predicted molar refractivity (Wildman–Crippen MR) is 478 cm³/mol. The fourth-order valence-corrected chi connectivity index (χ4v) is 14.7. The minimum Gasteiger partial charge on any atom is -0.207 e. The maximum absolute atomic E-state index is 12.6. The molecule has 0 bridgehead atoms. The van der Waals surface area contributed by atoms with Crippen LogP contribution in [-0.2, 0) is 0 Å². The van der Waals surface area contributed by atoms with Crippen LogP contribution in [0.1, 0.15) is 379 Å². The number of hydrogen-bond acceptors (Lipinski definition) is 0. The molecule has 622 valence electrons. The van der Waals surface area contributed by atoms with Crippen LogP contribution in [0.4, 0.5) is 17.6 Å². The highest BCUT2D eigenvalue weighted by Crippen LogP contribution is 2.35. The van der Waals surface area contributed by atoms with Crippen LogP contribution in [0.2, 0.25) is 0 Å². The summed E-state index contributed by atoms with van der Waals surface area (Å²) in [6, 6.07) is 22.0. The van der Waals surface area contributed by atoms with Crippen LogP contribution in [0, 0.1) is 179 Å². The Morgan fingerprint density at radius 3 is 0.664 bits per heavy atom. The van der Waals surface area contributed by atoms with Gasteiger partial charge in [-0.25, -0.2) is 17.6 Å². The lowest BCUT2D eigenvalue weighted by molar-refractivity contribution is 0.220. The molecule has 0 nitrogen and oxygen atoms in total. The normalized spacial score (nSPS) is 28.0. The summed E-state index contributed by atoms with van der Waals surface area (Å²) in [6.07, 6.45) is 43.9. The molecule has 9 unspecified atom stereocenters. The summed E-state index contributed by atoms with van der Waals surface area (Å²) in [7, 11) is 0. The lowest BCUT2D eigenvalue weighted by Crippen LogP contribution is -2.18. The smallest absolute Gasteiger partial charge is 0.161 e. The highest BCUT2D eigenvalue weighted by molar-refractivity contribution is 5.25. The minimum absolute atomic E-state index is 0. The maximum Gasteiger partial charge on any atom is 0.161 e. The van der Waals surface area contributed by atoms with Crippen molar-refractivity contribution in [2.75, 3.05) is 0 Å². The van der Waals surface area contributed by atoms with E-state index in [9.17, 15) is 17.6 Å². The van der Waals surface area contributed by atoms with E-state index in [1.165, 1.54) is 210 Å². The summed E-state index contributed by atoms with van der Waals surface area (Å²) in [4.78, 5) is 0. The number of benzene rings is 4. The highest BCUT2D eigenvalue weighted by atomic mass is 19.2. The molecule has 0 aromatic heterocycles. The number of hydrogen-bond donors (Lipinski definition) is 0. The van der Waals surface area contributed by atoms with Crippen molar-refractivity contribution in [2.45, 2.75) is 390 Å². The first kappa shape index (κ1) is 109. The quantitative estimate of drug-likeness (QED) is 0.122. The van der Waals surface area contributed by atoms with E-state index >= 15 is 0 Å². The van der Waals surface area contributed by atoms with E-state index in [4.69, 9.17) is 0 Å². The van der Waals surface area contributed by atoms with E-state index in [2.05, 4.69) is 182 Å². The molecule has 0 amide bonds. The molecule has 0 saturated heterocycles. The average Bonchev–Trinajstić information content (AvgIpc) is 0.836. The van der Waals surface area contributed by atoms with E-state index in [0.29, 0.717) is 22.3 Å². The van der Waals surface area contributed by atoms with Crippen molar-refractivity contribution in [3.63, 3.8) is 0 Å². The summed E-state index contributed by atoms with van der Waals surface area (Å²) in [5.41, 5.74) is 9.98. The van der Waals surface area contributed by atoms with Crippen molar-refractivity contribution in [3.05, 3.63) is 164 Å². The van der Waals surface area contributed by atoms with Crippen LogP contribution >= 0.6 is 0 Å². The molecule has 0 N–H and O–H groups in total. The van der Waals surface area contributed by atoms with Gasteiger partial charge in [-0.05, 0) is 260 Å². The van der Waals surface area contributed by atoms with Gasteiger partial charge < -0.3 is 0 Å². The molecule has 0 heterocycles. The molecular formula is C103H182F4. The first-order valence-corrected chi connectivity index (χ1v) is 42.6. The first-order valence-electron chi connectivity index (χ1n) is 42.6. The number of aryl methyl sites for hydroxylation is 8. The molecule has 8 aliphatic carbocycles. The SMILES string of the molecule is C.C.C.C.CC1=C(C)CC(C)CC1.CC1C=CC(C)CC1.CC1CCC(C)C(C)C1.CC1CCC(C)C(C)C1.CC1CCC(C)CC1.CC1CCC(C)CC1.CC1CCC(C)CC1.CC1CCC(C)CC1.Cc1ccc(C)c(F)c1.Cc1ccc(C)c(F)c1.Cc1ccc(C)c(F)c1F.Cc1ccc(C)cc1. The summed E-state index contributed by atoms with van der Waals surface area (Å²) < 4.78 is 50.4. The van der Waals surface area contributed by atoms with Gasteiger partial charge in [-0.1, -0.05) is 371 Å². The van der Waals surface area contributed by atoms with Gasteiger partial charge in [0, 0.05) is 0 Å². The van der Waals surface area contributed by atoms with Gasteiger partial charge in [-0.3, -0.25) is 0 Å². The molecule has 9 atom stereocenters. The Morgan fingerprint density at radius 2 is 0.467 bits per heavy atom. The fourth-order valence-electron chi connectivity index (χ4n) is 14.7. The van der Waals surface area contributed by atoms with E-state index < -0.39 is 11.6 Å². The molecular weight excluding hydrogens is 1310 g/mol. The lowest BCUT2D eigenvalue weighted by atomic mass is 9.77. The molecule has 0 aliphatic heterocycles. The van der Waals surface area contributed by atoms with Crippen molar-refractivity contribution >= 4 is 0 Å². The lowest BCUT2D eigenvalue weighted by Gasteiger charge is -2.29. The molecule has 6 fully saturated rings. The molecule has 4 aromatic rings. The van der Waals surface area contributed by atoms with E-state index in [1.807, 2.05) is 26.0 Å². The van der Waals surface area contributed by atoms with Crippen molar-refractivity contribution in [1.82, 2.24) is 0 Å². The van der Waals surface area contributed by atoms with Gasteiger partial charge in [0.15, 0.2) is 11.6 Å². The number of rotatable bonds is 0. The standard InChI is InChI=1S/2C9H18.C9H16.C8H8F2.2C8H9F.4C8H16.C8H14.C8H10.4CH4/c3*1-7-4-5-8(2)9(3)6-7;1-5-3-4-6(2)8(10)7(5)9;2*1-6-3-4-7(2)8(9)5-6;6*1-7-3-5-8(2)6-4-7;;;;/h2*7-9H,4-6H2,1-3H3;7H,4-6H2,1-3H3;3-4H,1-2H3;2*3-5H,1-2H3;4*7-8H,3-6H2,1-2H3;3,5,7-8H,4,6H2,1-2H3;3-6H,1-2H3;4*1H4. The monoisotopic (exact) mass is 1500 g/mol. The average molecular weight is 1500 g/mol. The van der Waals surface area contributed by atoms with Gasteiger partial charge >= 0.3 is 0 Å². The van der Waals surface area contributed by atoms with Gasteiger partial charge in [0.05, 0.1) is 0 Å². The second-order valence-electron chi connectivity index (χ2n) is 36.5. The van der Waals surface area contributed by atoms with Gasteiger partial charge in [-0.2, -0.15) is 0 Å². The third-order valence-electron chi connectivity index (χ3n) is 24.5. The van der Waals surface area contributed by atoms with Crippen molar-refractivity contribution in [3.8, 4) is 0 Å². The Hall–Kier alpha value is -3.92. The minimum atomic E-state index is -0.736. The molecule has 0 radical (unpaired) electrons. The maximum atomic E-state index is 12.6. The molecule has 4 aromatic carbocycles. The van der Waals surface area contributed by atoms with E-state index in [0.717, 1.165) is 112 Å². The second kappa shape index (κ2) is 61.6. The van der Waals surface area contributed by atoms with Crippen LogP contribution in [0.5, 0.6) is 0 Å². The van der Waals surface area contributed by atoms with Crippen molar-refractivity contribution in [1.29, 1.82) is 0 Å². The Kier molecular flexibility index (Phi) is 63.0. The Morgan fingerprint density at radius 1 is 0.234 bits per heavy atom. The summed E-state index contributed by atoms with van der Waals surface area (Å²) in [5.74, 6) is 15.0. The van der Waals surface area contributed by atoms with Crippen LogP contribution in [-0.4, -0.2) is 0 Å². The summed E-state index contributed by atoms with van der Waals surface area (Å²) in [5, 5.41) is 0. The third kappa shape index (κ3) is 53.6. The van der Waals surface area contributed by atoms with Gasteiger partial charge in [0.2, 0.25) is 0 Å². The van der Waals surface area contributed by atoms with Crippen LogP contribution in [0.3, 0.4) is 0 Å². The van der Waals surface area contributed by atoms with Gasteiger partial charge in [0.25, 0.3) is 0 Å². The molecule has 6 saturated carbocycles. The topological polar surface area (TPSA) is 0 Å². The molecule has 0 spiro atoms. The fraction of sp³-hybridized carbons (Fsp3) is 0.728. The Labute approximate surface area is 668 Å². The zero-order chi connectivity index (χ0) is 77.9. The zero-order valence-corrected chi connectivity index (χ0v) is 72.5. The molecule has 107 heavy (non-hydrogen) atoms. The van der Waals surface area contributed by atoms with E-state index in [1.54, 1.807) is 49.3 Å². The van der Waals surface area contributed by atoms with Crippen LogP contribution in [0.25, 0.3) is 0 Å². The predicted octanol–water partition coefficient (Wildman–Crippen LogP) is 35.6. The summed E-state index contributed by atoms with van der Waals surface area (Å²) in [6.45, 7) is 59.2. The van der Waals surface area contributed by atoms with Gasteiger partial charge in [-0.15, -0.1) is 0 Å². The van der Waals surface area contributed by atoms with E-state index in [-0.39, 0.29) is 41.3 Å². The molecule has 8 aliphatic rings. The summed E-state index contributed by atoms with van der Waals surface area (Å²) >= 11 is 0. The van der Waals surface area contributed by atoms with Crippen molar-refractivity contribution in [2.24, 2.45) is 101 Å². The number of allylic oxidation sites excluding steroid dienone is 4. The van der Waals surface area contributed by atoms with Crippen LogP contribution < -0.4 is 0 Å². The Balaban J connectivity index is -0.000000539. The first-order chi connectivity index (χ1) is 48.3. The zero-order valence-electron chi connectivity index (χ0n) is 72.5. The van der Waals surface area contributed by atoms with Crippen molar-refractivity contribution < 1.29 is 17.6 Å². The Bertz CT molecular complexity index is 2570. The third-order valence-corrected chi connectivity index (χ3v) is 24.5.